The monoisotopic (exact) mass is 313 g/mol. The Kier molecular flexibility index (Phi) is 4.75. The summed E-state index contributed by atoms with van der Waals surface area (Å²) in [6.45, 7) is 2.22. The van der Waals surface area contributed by atoms with Crippen LogP contribution in [0.5, 0.6) is 11.6 Å². The van der Waals surface area contributed by atoms with E-state index in [4.69, 9.17) is 10.5 Å². The topological polar surface area (TPSA) is 53.1 Å². The highest BCUT2D eigenvalue weighted by Gasteiger charge is 2.39. The molecule has 1 heterocycles. The maximum Gasteiger partial charge on any atom is 0.435 e. The second kappa shape index (κ2) is 6.39. The highest BCUT2D eigenvalue weighted by atomic mass is 19.4. The Morgan fingerprint density at radius 3 is 2.41 bits per heavy atom. The fourth-order valence-electron chi connectivity index (χ4n) is 2.13. The predicted octanol–water partition coefficient (Wildman–Crippen LogP) is 3.43. The molecule has 0 unspecified atom stereocenters. The Hall–Kier alpha value is -2.02. The van der Waals surface area contributed by atoms with Crippen LogP contribution in [0.2, 0.25) is 0 Å². The fourth-order valence-corrected chi connectivity index (χ4v) is 2.13. The van der Waals surface area contributed by atoms with E-state index in [2.05, 4.69) is 5.10 Å². The molecule has 1 aromatic heterocycles. The Morgan fingerprint density at radius 1 is 1.23 bits per heavy atom. The number of aromatic nitrogens is 2. The Labute approximate surface area is 126 Å². The van der Waals surface area contributed by atoms with Crippen LogP contribution in [0.25, 0.3) is 0 Å². The van der Waals surface area contributed by atoms with Crippen molar-refractivity contribution in [1.29, 1.82) is 0 Å². The van der Waals surface area contributed by atoms with E-state index in [-0.39, 0.29) is 17.9 Å². The lowest BCUT2D eigenvalue weighted by molar-refractivity contribution is -0.142. The predicted molar refractivity (Wildman–Crippen MR) is 76.8 cm³/mol. The molecule has 22 heavy (non-hydrogen) atoms. The Morgan fingerprint density at radius 2 is 1.86 bits per heavy atom. The van der Waals surface area contributed by atoms with Gasteiger partial charge in [0.25, 0.3) is 0 Å². The van der Waals surface area contributed by atoms with Crippen LogP contribution in [0.15, 0.2) is 24.3 Å². The number of hydrogen-bond donors (Lipinski definition) is 1. The lowest BCUT2D eigenvalue weighted by Crippen LogP contribution is -2.10. The maximum atomic E-state index is 13.1. The van der Waals surface area contributed by atoms with E-state index in [0.717, 1.165) is 10.2 Å². The molecule has 0 bridgehead atoms. The van der Waals surface area contributed by atoms with E-state index < -0.39 is 11.9 Å². The first kappa shape index (κ1) is 16.4. The van der Waals surface area contributed by atoms with Crippen LogP contribution in [0.4, 0.5) is 13.2 Å². The summed E-state index contributed by atoms with van der Waals surface area (Å²) < 4.78 is 46.0. The average Bonchev–Trinajstić information content (AvgIpc) is 2.76. The molecule has 0 radical (unpaired) electrons. The van der Waals surface area contributed by atoms with E-state index >= 15 is 0 Å². The molecule has 0 atom stereocenters. The fraction of sp³-hybridized carbons (Fsp3) is 0.400. The molecule has 2 rings (SSSR count). The van der Waals surface area contributed by atoms with E-state index in [0.29, 0.717) is 18.7 Å². The van der Waals surface area contributed by atoms with Crippen LogP contribution in [-0.2, 0) is 19.6 Å². The van der Waals surface area contributed by atoms with Gasteiger partial charge in [0.1, 0.15) is 5.75 Å². The molecule has 120 valence electrons. The molecule has 0 aliphatic rings. The van der Waals surface area contributed by atoms with Gasteiger partial charge in [-0.15, -0.1) is 0 Å². The molecule has 0 aliphatic carbocycles. The molecule has 7 heteroatoms. The minimum Gasteiger partial charge on any atom is -0.439 e. The maximum absolute atomic E-state index is 13.1. The lowest BCUT2D eigenvalue weighted by atomic mass is 10.1. The number of benzene rings is 1. The van der Waals surface area contributed by atoms with E-state index in [1.54, 1.807) is 12.1 Å². The van der Waals surface area contributed by atoms with E-state index in [1.807, 2.05) is 19.1 Å². The van der Waals surface area contributed by atoms with Crippen molar-refractivity contribution < 1.29 is 17.9 Å². The quantitative estimate of drug-likeness (QED) is 0.920. The molecule has 0 aliphatic heterocycles. The molecular formula is C15H18F3N3O. The van der Waals surface area contributed by atoms with Crippen LogP contribution in [0.1, 0.15) is 23.2 Å². The van der Waals surface area contributed by atoms with Crippen LogP contribution in [-0.4, -0.2) is 16.3 Å². The molecule has 2 N–H and O–H groups in total. The summed E-state index contributed by atoms with van der Waals surface area (Å²) in [7, 11) is 1.44. The first-order valence-corrected chi connectivity index (χ1v) is 6.90. The third kappa shape index (κ3) is 3.59. The van der Waals surface area contributed by atoms with Crippen molar-refractivity contribution >= 4 is 0 Å². The number of ether oxygens (including phenoxy) is 1. The van der Waals surface area contributed by atoms with Gasteiger partial charge in [0.15, 0.2) is 5.69 Å². The van der Waals surface area contributed by atoms with Crippen LogP contribution < -0.4 is 10.5 Å². The third-order valence-corrected chi connectivity index (χ3v) is 3.22. The largest absolute Gasteiger partial charge is 0.439 e. The summed E-state index contributed by atoms with van der Waals surface area (Å²) in [5.74, 6) is 0.570. The second-order valence-corrected chi connectivity index (χ2v) is 5.06. The standard InChI is InChI=1S/C15H18F3N3O/c1-10-5-7-11(8-6-10)22-14-12(4-3-9-19)13(15(16,17)18)20-21(14)2/h5-8H,3-4,9,19H2,1-2H3. The highest BCUT2D eigenvalue weighted by molar-refractivity contribution is 5.38. The molecule has 4 nitrogen and oxygen atoms in total. The summed E-state index contributed by atoms with van der Waals surface area (Å²) in [6.07, 6.45) is -3.92. The molecule has 0 fully saturated rings. The normalized spacial score (nSPS) is 11.7. The minimum absolute atomic E-state index is 0.0426. The van der Waals surface area contributed by atoms with Gasteiger partial charge >= 0.3 is 6.18 Å². The van der Waals surface area contributed by atoms with Crippen molar-refractivity contribution in [2.45, 2.75) is 25.9 Å². The molecule has 0 saturated carbocycles. The number of nitrogens with two attached hydrogens (primary N) is 1. The zero-order valence-electron chi connectivity index (χ0n) is 12.4. The van der Waals surface area contributed by atoms with Gasteiger partial charge in [0.2, 0.25) is 5.88 Å². The highest BCUT2D eigenvalue weighted by Crippen LogP contribution is 2.37. The first-order chi connectivity index (χ1) is 10.3. The van der Waals surface area contributed by atoms with Crippen molar-refractivity contribution in [3.05, 3.63) is 41.1 Å². The average molecular weight is 313 g/mol. The van der Waals surface area contributed by atoms with Gasteiger partial charge in [-0.2, -0.15) is 18.3 Å². The summed E-state index contributed by atoms with van der Waals surface area (Å²) in [5.41, 5.74) is 5.58. The SMILES string of the molecule is Cc1ccc(Oc2c(CCCN)c(C(F)(F)F)nn2C)cc1. The molecule has 0 spiro atoms. The van der Waals surface area contributed by atoms with Crippen molar-refractivity contribution in [1.82, 2.24) is 9.78 Å². The number of halogens is 3. The van der Waals surface area contributed by atoms with Crippen molar-refractivity contribution in [2.24, 2.45) is 12.8 Å². The third-order valence-electron chi connectivity index (χ3n) is 3.22. The second-order valence-electron chi connectivity index (χ2n) is 5.06. The zero-order valence-corrected chi connectivity index (χ0v) is 12.4. The van der Waals surface area contributed by atoms with Crippen molar-refractivity contribution in [2.75, 3.05) is 6.54 Å². The van der Waals surface area contributed by atoms with Crippen molar-refractivity contribution in [3.8, 4) is 11.6 Å². The summed E-state index contributed by atoms with van der Waals surface area (Å²) >= 11 is 0. The molecule has 1 aromatic carbocycles. The summed E-state index contributed by atoms with van der Waals surface area (Å²) in [6, 6.07) is 7.08. The van der Waals surface area contributed by atoms with Gasteiger partial charge in [-0.25, -0.2) is 4.68 Å². The van der Waals surface area contributed by atoms with Crippen molar-refractivity contribution in [3.63, 3.8) is 0 Å². The smallest absolute Gasteiger partial charge is 0.435 e. The molecule has 0 amide bonds. The van der Waals surface area contributed by atoms with E-state index in [9.17, 15) is 13.2 Å². The van der Waals surface area contributed by atoms with Crippen LogP contribution >= 0.6 is 0 Å². The Balaban J connectivity index is 2.40. The van der Waals surface area contributed by atoms with Gasteiger partial charge in [-0.05, 0) is 38.4 Å². The van der Waals surface area contributed by atoms with Gasteiger partial charge in [-0.1, -0.05) is 17.7 Å². The summed E-state index contributed by atoms with van der Waals surface area (Å²) in [4.78, 5) is 0. The van der Waals surface area contributed by atoms with Gasteiger partial charge in [0.05, 0.1) is 0 Å². The van der Waals surface area contributed by atoms with Gasteiger partial charge < -0.3 is 10.5 Å². The number of rotatable bonds is 5. The minimum atomic E-state index is -4.52. The van der Waals surface area contributed by atoms with E-state index in [1.165, 1.54) is 7.05 Å². The number of aryl methyl sites for hydroxylation is 2. The van der Waals surface area contributed by atoms with Crippen LogP contribution in [0, 0.1) is 6.92 Å². The van der Waals surface area contributed by atoms with Crippen LogP contribution in [0.3, 0.4) is 0 Å². The number of hydrogen-bond acceptors (Lipinski definition) is 3. The molecular weight excluding hydrogens is 295 g/mol. The van der Waals surface area contributed by atoms with Gasteiger partial charge in [0, 0.05) is 12.6 Å². The zero-order chi connectivity index (χ0) is 16.3. The molecule has 0 saturated heterocycles. The lowest BCUT2D eigenvalue weighted by Gasteiger charge is -2.10. The number of alkyl halides is 3. The summed E-state index contributed by atoms with van der Waals surface area (Å²) in [5, 5.41) is 3.57. The molecule has 2 aromatic rings. The first-order valence-electron chi connectivity index (χ1n) is 6.90. The Bertz CT molecular complexity index is 633. The van der Waals surface area contributed by atoms with Gasteiger partial charge in [-0.3, -0.25) is 0 Å². The number of nitrogens with zero attached hydrogens (tertiary/aromatic N) is 2.